The van der Waals surface area contributed by atoms with Crippen LogP contribution in [0.15, 0.2) is 30.3 Å². The summed E-state index contributed by atoms with van der Waals surface area (Å²) in [6.07, 6.45) is 3.09. The summed E-state index contributed by atoms with van der Waals surface area (Å²) in [6.45, 7) is 3.75. The number of hydrogen-bond acceptors (Lipinski definition) is 5. The Morgan fingerprint density at radius 3 is 2.74 bits per heavy atom. The number of amides is 1. The first-order valence-corrected chi connectivity index (χ1v) is 7.55. The minimum absolute atomic E-state index is 0.0504. The van der Waals surface area contributed by atoms with Crippen LogP contribution in [0.5, 0.6) is 0 Å². The van der Waals surface area contributed by atoms with E-state index in [2.05, 4.69) is 20.8 Å². The molecule has 1 unspecified atom stereocenters. The van der Waals surface area contributed by atoms with Crippen molar-refractivity contribution in [2.24, 2.45) is 0 Å². The predicted octanol–water partition coefficient (Wildman–Crippen LogP) is 1.26. The van der Waals surface area contributed by atoms with Crippen molar-refractivity contribution in [3.63, 3.8) is 0 Å². The fourth-order valence-corrected chi connectivity index (χ4v) is 2.15. The lowest BCUT2D eigenvalue weighted by Gasteiger charge is -2.15. The second-order valence-electron chi connectivity index (χ2n) is 5.32. The molecule has 2 aromatic rings. The maximum Gasteiger partial charge on any atom is 0.270 e. The van der Waals surface area contributed by atoms with Crippen molar-refractivity contribution in [2.45, 2.75) is 32.7 Å². The summed E-state index contributed by atoms with van der Waals surface area (Å²) in [5.41, 5.74) is 1.24. The molecule has 0 saturated heterocycles. The number of nitrogens with zero attached hydrogens (tertiary/aromatic N) is 4. The van der Waals surface area contributed by atoms with Gasteiger partial charge in [0.05, 0.1) is 0 Å². The number of aliphatic hydroxyl groups excluding tert-OH is 1. The number of hydrogen-bond donors (Lipinski definition) is 2. The number of aliphatic hydroxyl groups is 1. The van der Waals surface area contributed by atoms with E-state index in [4.69, 9.17) is 5.11 Å². The third-order valence-corrected chi connectivity index (χ3v) is 3.36. The normalized spacial score (nSPS) is 12.9. The number of nitrogens with one attached hydrogen (secondary N) is 1. The Balaban J connectivity index is 2.26. The number of carbonyl (C=O) groups excluding carboxylic acids is 1. The Kier molecular flexibility index (Phi) is 5.99. The molecule has 7 nitrogen and oxygen atoms in total. The minimum Gasteiger partial charge on any atom is -0.396 e. The summed E-state index contributed by atoms with van der Waals surface area (Å²) in [6, 6.07) is 9.47. The van der Waals surface area contributed by atoms with Gasteiger partial charge in [-0.25, -0.2) is 0 Å². The molecule has 0 aliphatic rings. The standard InChI is InChI=1S/C16H21N5O2/c1-12(7-6-10-22)17-16(23)15(21-13(2)18-19-20-21)11-14-8-4-3-5-9-14/h3-5,8-9,11-12,22H,6-7,10H2,1-2H3,(H,17,23)/b15-11-. The van der Waals surface area contributed by atoms with E-state index in [9.17, 15) is 4.79 Å². The molecule has 23 heavy (non-hydrogen) atoms. The lowest BCUT2D eigenvalue weighted by atomic mass is 10.1. The molecule has 2 N–H and O–H groups in total. The van der Waals surface area contributed by atoms with Gasteiger partial charge >= 0.3 is 0 Å². The first-order chi connectivity index (χ1) is 11.1. The molecule has 1 aromatic carbocycles. The number of rotatable bonds is 7. The van der Waals surface area contributed by atoms with E-state index in [0.717, 1.165) is 5.56 Å². The van der Waals surface area contributed by atoms with Gasteiger partial charge in [-0.2, -0.15) is 4.68 Å². The molecule has 0 aliphatic heterocycles. The van der Waals surface area contributed by atoms with Crippen LogP contribution in [0.3, 0.4) is 0 Å². The van der Waals surface area contributed by atoms with E-state index >= 15 is 0 Å². The van der Waals surface area contributed by atoms with Crippen LogP contribution in [0.1, 0.15) is 31.2 Å². The first kappa shape index (κ1) is 16.8. The highest BCUT2D eigenvalue weighted by molar-refractivity contribution is 6.18. The molecule has 7 heteroatoms. The lowest BCUT2D eigenvalue weighted by molar-refractivity contribution is -0.116. The topological polar surface area (TPSA) is 92.9 Å². The Labute approximate surface area is 135 Å². The van der Waals surface area contributed by atoms with Crippen LogP contribution in [0, 0.1) is 6.92 Å². The van der Waals surface area contributed by atoms with Crippen molar-refractivity contribution in [3.8, 4) is 0 Å². The van der Waals surface area contributed by atoms with Gasteiger partial charge in [-0.15, -0.1) is 5.10 Å². The largest absolute Gasteiger partial charge is 0.396 e. The Bertz CT molecular complexity index is 666. The number of aryl methyl sites for hydroxylation is 1. The van der Waals surface area contributed by atoms with Crippen LogP contribution in [0.2, 0.25) is 0 Å². The molecular formula is C16H21N5O2. The van der Waals surface area contributed by atoms with E-state index < -0.39 is 0 Å². The molecule has 2 rings (SSSR count). The number of carbonyl (C=O) groups is 1. The van der Waals surface area contributed by atoms with Crippen LogP contribution in [0.4, 0.5) is 0 Å². The zero-order valence-corrected chi connectivity index (χ0v) is 13.3. The lowest BCUT2D eigenvalue weighted by Crippen LogP contribution is -2.35. The average molecular weight is 315 g/mol. The number of benzene rings is 1. The van der Waals surface area contributed by atoms with Crippen molar-refractivity contribution >= 4 is 17.7 Å². The van der Waals surface area contributed by atoms with Gasteiger partial charge in [-0.3, -0.25) is 4.79 Å². The highest BCUT2D eigenvalue weighted by atomic mass is 16.3. The summed E-state index contributed by atoms with van der Waals surface area (Å²) >= 11 is 0. The first-order valence-electron chi connectivity index (χ1n) is 7.55. The summed E-state index contributed by atoms with van der Waals surface area (Å²) in [5, 5.41) is 23.1. The third kappa shape index (κ3) is 4.72. The zero-order valence-electron chi connectivity index (χ0n) is 13.3. The predicted molar refractivity (Wildman–Crippen MR) is 87.1 cm³/mol. The molecular weight excluding hydrogens is 294 g/mol. The van der Waals surface area contributed by atoms with Crippen molar-refractivity contribution in [3.05, 3.63) is 41.7 Å². The molecule has 0 saturated carbocycles. The summed E-state index contributed by atoms with van der Waals surface area (Å²) < 4.78 is 1.42. The maximum absolute atomic E-state index is 12.6. The summed E-state index contributed by atoms with van der Waals surface area (Å²) in [4.78, 5) is 12.6. The quantitative estimate of drug-likeness (QED) is 0.750. The van der Waals surface area contributed by atoms with E-state index in [1.165, 1.54) is 4.68 Å². The van der Waals surface area contributed by atoms with Crippen LogP contribution in [-0.4, -0.2) is 43.9 Å². The molecule has 1 amide bonds. The van der Waals surface area contributed by atoms with Crippen LogP contribution in [-0.2, 0) is 4.79 Å². The van der Waals surface area contributed by atoms with Crippen molar-refractivity contribution < 1.29 is 9.90 Å². The molecule has 0 fully saturated rings. The van der Waals surface area contributed by atoms with Gasteiger partial charge in [-0.1, -0.05) is 30.3 Å². The molecule has 1 atom stereocenters. The number of tetrazole rings is 1. The van der Waals surface area contributed by atoms with E-state index in [0.29, 0.717) is 24.4 Å². The monoisotopic (exact) mass is 315 g/mol. The fourth-order valence-electron chi connectivity index (χ4n) is 2.15. The molecule has 0 aliphatic carbocycles. The van der Waals surface area contributed by atoms with Gasteiger partial charge < -0.3 is 10.4 Å². The Morgan fingerprint density at radius 1 is 1.39 bits per heavy atom. The van der Waals surface area contributed by atoms with E-state index in [-0.39, 0.29) is 18.6 Å². The van der Waals surface area contributed by atoms with Gasteiger partial charge in [0.15, 0.2) is 5.82 Å². The molecule has 1 heterocycles. The summed E-state index contributed by atoms with van der Waals surface area (Å²) in [5.74, 6) is 0.278. The molecule has 122 valence electrons. The van der Waals surface area contributed by atoms with E-state index in [1.807, 2.05) is 37.3 Å². The maximum atomic E-state index is 12.6. The zero-order chi connectivity index (χ0) is 16.7. The summed E-state index contributed by atoms with van der Waals surface area (Å²) in [7, 11) is 0. The second-order valence-corrected chi connectivity index (χ2v) is 5.32. The molecule has 1 aromatic heterocycles. The highest BCUT2D eigenvalue weighted by Crippen LogP contribution is 2.12. The smallest absolute Gasteiger partial charge is 0.270 e. The minimum atomic E-state index is -0.255. The van der Waals surface area contributed by atoms with Crippen LogP contribution < -0.4 is 5.32 Å². The third-order valence-electron chi connectivity index (χ3n) is 3.36. The van der Waals surface area contributed by atoms with Crippen LogP contribution in [0.25, 0.3) is 11.8 Å². The van der Waals surface area contributed by atoms with Gasteiger partial charge in [0.1, 0.15) is 5.70 Å². The van der Waals surface area contributed by atoms with Crippen molar-refractivity contribution in [1.29, 1.82) is 0 Å². The van der Waals surface area contributed by atoms with Gasteiger partial charge in [0.25, 0.3) is 5.91 Å². The van der Waals surface area contributed by atoms with Gasteiger partial charge in [-0.05, 0) is 48.8 Å². The number of aromatic nitrogens is 4. The Hall–Kier alpha value is -2.54. The van der Waals surface area contributed by atoms with Gasteiger partial charge in [0.2, 0.25) is 0 Å². The van der Waals surface area contributed by atoms with Crippen LogP contribution >= 0.6 is 0 Å². The molecule has 0 radical (unpaired) electrons. The van der Waals surface area contributed by atoms with Gasteiger partial charge in [0, 0.05) is 12.6 Å². The Morgan fingerprint density at radius 2 is 2.13 bits per heavy atom. The second kappa shape index (κ2) is 8.19. The fraction of sp³-hybridized carbons (Fsp3) is 0.375. The van der Waals surface area contributed by atoms with Crippen molar-refractivity contribution in [1.82, 2.24) is 25.5 Å². The molecule has 0 spiro atoms. The average Bonchev–Trinajstić information content (AvgIpc) is 2.97. The highest BCUT2D eigenvalue weighted by Gasteiger charge is 2.17. The van der Waals surface area contributed by atoms with E-state index in [1.54, 1.807) is 13.0 Å². The molecule has 0 bridgehead atoms. The SMILES string of the molecule is Cc1nnnn1/C(=C\c1ccccc1)C(=O)NC(C)CCCO. The van der Waals surface area contributed by atoms with Crippen molar-refractivity contribution in [2.75, 3.05) is 6.61 Å².